The highest BCUT2D eigenvalue weighted by Gasteiger charge is 2.15. The fourth-order valence-electron chi connectivity index (χ4n) is 2.09. The van der Waals surface area contributed by atoms with Crippen LogP contribution >= 0.6 is 0 Å². The molecule has 0 spiro atoms. The predicted molar refractivity (Wildman–Crippen MR) is 53.6 cm³/mol. The Morgan fingerprint density at radius 3 is 2.58 bits per heavy atom. The van der Waals surface area contributed by atoms with E-state index in [0.717, 1.165) is 18.7 Å². The number of rotatable bonds is 1. The van der Waals surface area contributed by atoms with Gasteiger partial charge >= 0.3 is 0 Å². The van der Waals surface area contributed by atoms with Gasteiger partial charge in [-0.3, -0.25) is 0 Å². The molecule has 1 rings (SSSR count). The van der Waals surface area contributed by atoms with E-state index in [9.17, 15) is 0 Å². The van der Waals surface area contributed by atoms with Gasteiger partial charge in [0.1, 0.15) is 7.28 Å². The van der Waals surface area contributed by atoms with E-state index in [0.29, 0.717) is 5.92 Å². The minimum atomic E-state index is 0.361. The van der Waals surface area contributed by atoms with Crippen molar-refractivity contribution in [2.24, 2.45) is 5.92 Å². The summed E-state index contributed by atoms with van der Waals surface area (Å²) in [5, 5.41) is 8.82. The van der Waals surface area contributed by atoms with Gasteiger partial charge in [-0.2, -0.15) is 5.26 Å². The van der Waals surface area contributed by atoms with E-state index in [2.05, 4.69) is 12.9 Å². The Labute approximate surface area is 76.4 Å². The van der Waals surface area contributed by atoms with Gasteiger partial charge in [0, 0.05) is 5.92 Å². The van der Waals surface area contributed by atoms with Gasteiger partial charge in [-0.25, -0.2) is 0 Å². The summed E-state index contributed by atoms with van der Waals surface area (Å²) in [5.74, 6) is 1.26. The maximum absolute atomic E-state index is 8.82. The molecule has 0 aromatic carbocycles. The van der Waals surface area contributed by atoms with E-state index < -0.39 is 0 Å². The first-order valence-electron chi connectivity index (χ1n) is 5.26. The van der Waals surface area contributed by atoms with Gasteiger partial charge < -0.3 is 0 Å². The fourth-order valence-corrected chi connectivity index (χ4v) is 2.09. The molecule has 0 N–H and O–H groups in total. The second kappa shape index (κ2) is 5.24. The molecule has 66 valence electrons. The highest BCUT2D eigenvalue weighted by Crippen LogP contribution is 2.28. The zero-order valence-corrected chi connectivity index (χ0v) is 8.05. The number of nitriles is 1. The van der Waals surface area contributed by atoms with Crippen LogP contribution in [-0.4, -0.2) is 7.28 Å². The second-order valence-corrected chi connectivity index (χ2v) is 3.96. The van der Waals surface area contributed by atoms with Gasteiger partial charge in [-0.1, -0.05) is 38.3 Å². The largest absolute Gasteiger partial charge is 0.198 e. The summed E-state index contributed by atoms with van der Waals surface area (Å²) < 4.78 is 0. The Balaban J connectivity index is 2.34. The summed E-state index contributed by atoms with van der Waals surface area (Å²) in [5.41, 5.74) is 0. The van der Waals surface area contributed by atoms with E-state index >= 15 is 0 Å². The van der Waals surface area contributed by atoms with Crippen LogP contribution in [0, 0.1) is 17.2 Å². The average Bonchev–Trinajstić information content (AvgIpc) is 2.05. The second-order valence-electron chi connectivity index (χ2n) is 3.96. The maximum Gasteiger partial charge on any atom is 0.120 e. The third kappa shape index (κ3) is 2.89. The Morgan fingerprint density at radius 1 is 1.17 bits per heavy atom. The van der Waals surface area contributed by atoms with E-state index in [4.69, 9.17) is 5.26 Å². The van der Waals surface area contributed by atoms with Crippen LogP contribution in [0.4, 0.5) is 0 Å². The topological polar surface area (TPSA) is 23.8 Å². The van der Waals surface area contributed by atoms with Crippen LogP contribution in [0.2, 0.25) is 12.6 Å². The van der Waals surface area contributed by atoms with Crippen molar-refractivity contribution < 1.29 is 0 Å². The Bertz CT molecular complexity index is 162. The molecular weight excluding hydrogens is 145 g/mol. The van der Waals surface area contributed by atoms with Crippen molar-refractivity contribution in [2.75, 3.05) is 0 Å². The third-order valence-electron chi connectivity index (χ3n) is 3.10. The molecule has 1 saturated carbocycles. The van der Waals surface area contributed by atoms with Crippen LogP contribution < -0.4 is 0 Å². The average molecular weight is 163 g/mol. The minimum absolute atomic E-state index is 0.361. The summed E-state index contributed by atoms with van der Waals surface area (Å²) in [6.45, 7) is 2.27. The van der Waals surface area contributed by atoms with Crippen LogP contribution in [0.25, 0.3) is 0 Å². The minimum Gasteiger partial charge on any atom is -0.198 e. The Morgan fingerprint density at radius 2 is 1.92 bits per heavy atom. The highest BCUT2D eigenvalue weighted by atomic mass is 14.3. The zero-order valence-electron chi connectivity index (χ0n) is 8.05. The van der Waals surface area contributed by atoms with Gasteiger partial charge in [0.25, 0.3) is 0 Å². The molecule has 1 nitrogen and oxygen atoms in total. The number of hydrogen-bond donors (Lipinski definition) is 0. The molecule has 0 bridgehead atoms. The molecule has 2 atom stereocenters. The lowest BCUT2D eigenvalue weighted by Crippen LogP contribution is -2.08. The molecule has 2 heteroatoms. The lowest BCUT2D eigenvalue weighted by atomic mass is 9.61. The quantitative estimate of drug-likeness (QED) is 0.545. The lowest BCUT2D eigenvalue weighted by Gasteiger charge is -2.19. The number of nitrogens with zero attached hydrogens (tertiary/aromatic N) is 1. The first kappa shape index (κ1) is 9.64. The standard InChI is InChI=1S/C10H18BN/c1-11-10-5-3-2-4-9(8-12)6-7-10/h9-11H,2-7H2,1H3. The van der Waals surface area contributed by atoms with Crippen molar-refractivity contribution in [1.29, 1.82) is 5.26 Å². The molecule has 0 amide bonds. The number of hydrogen-bond acceptors (Lipinski definition) is 1. The highest BCUT2D eigenvalue weighted by molar-refractivity contribution is 6.35. The van der Waals surface area contributed by atoms with E-state index in [1.807, 2.05) is 0 Å². The van der Waals surface area contributed by atoms with E-state index in [-0.39, 0.29) is 0 Å². The van der Waals surface area contributed by atoms with Gasteiger partial charge in [-0.15, -0.1) is 0 Å². The van der Waals surface area contributed by atoms with Gasteiger partial charge in [0.05, 0.1) is 6.07 Å². The Hall–Kier alpha value is -0.445. The van der Waals surface area contributed by atoms with Crippen LogP contribution in [0.5, 0.6) is 0 Å². The van der Waals surface area contributed by atoms with Crippen molar-refractivity contribution >= 4 is 7.28 Å². The van der Waals surface area contributed by atoms with Crippen LogP contribution in [0.15, 0.2) is 0 Å². The molecular formula is C10H18BN. The zero-order chi connectivity index (χ0) is 8.81. The first-order valence-corrected chi connectivity index (χ1v) is 5.26. The molecule has 1 aliphatic rings. The molecule has 0 saturated heterocycles. The molecule has 0 radical (unpaired) electrons. The monoisotopic (exact) mass is 163 g/mol. The lowest BCUT2D eigenvalue weighted by molar-refractivity contribution is 0.440. The van der Waals surface area contributed by atoms with Crippen molar-refractivity contribution in [1.82, 2.24) is 0 Å². The summed E-state index contributed by atoms with van der Waals surface area (Å²) in [7, 11) is 1.30. The van der Waals surface area contributed by atoms with Crippen molar-refractivity contribution in [3.05, 3.63) is 0 Å². The summed E-state index contributed by atoms with van der Waals surface area (Å²) in [6, 6.07) is 2.42. The smallest absolute Gasteiger partial charge is 0.120 e. The van der Waals surface area contributed by atoms with Crippen LogP contribution in [0.3, 0.4) is 0 Å². The molecule has 2 unspecified atom stereocenters. The van der Waals surface area contributed by atoms with Crippen LogP contribution in [0.1, 0.15) is 38.5 Å². The summed E-state index contributed by atoms with van der Waals surface area (Å²) in [6.07, 6.45) is 7.59. The molecule has 1 aliphatic carbocycles. The van der Waals surface area contributed by atoms with Gasteiger partial charge in [0.2, 0.25) is 0 Å². The maximum atomic E-state index is 8.82. The van der Waals surface area contributed by atoms with Crippen molar-refractivity contribution in [3.8, 4) is 6.07 Å². The predicted octanol–water partition coefficient (Wildman–Crippen LogP) is 2.75. The summed E-state index contributed by atoms with van der Waals surface area (Å²) >= 11 is 0. The molecule has 12 heavy (non-hydrogen) atoms. The SMILES string of the molecule is CBC1CCCCC(C#N)CC1. The molecule has 0 heterocycles. The fraction of sp³-hybridized carbons (Fsp3) is 0.900. The third-order valence-corrected chi connectivity index (χ3v) is 3.10. The Kier molecular flexibility index (Phi) is 4.21. The molecule has 1 fully saturated rings. The van der Waals surface area contributed by atoms with Gasteiger partial charge in [-0.05, 0) is 12.8 Å². The van der Waals surface area contributed by atoms with Gasteiger partial charge in [0.15, 0.2) is 0 Å². The van der Waals surface area contributed by atoms with Crippen molar-refractivity contribution in [3.63, 3.8) is 0 Å². The van der Waals surface area contributed by atoms with Crippen LogP contribution in [-0.2, 0) is 0 Å². The normalized spacial score (nSPS) is 31.3. The van der Waals surface area contributed by atoms with Crippen molar-refractivity contribution in [2.45, 2.75) is 51.2 Å². The molecule has 0 aliphatic heterocycles. The summed E-state index contributed by atoms with van der Waals surface area (Å²) in [4.78, 5) is 0. The molecule has 0 aromatic rings. The van der Waals surface area contributed by atoms with E-state index in [1.54, 1.807) is 0 Å². The van der Waals surface area contributed by atoms with E-state index in [1.165, 1.54) is 33.0 Å². The molecule has 0 aromatic heterocycles. The first-order chi connectivity index (χ1) is 5.86.